The number of aryl methyl sites for hydroxylation is 1. The highest BCUT2D eigenvalue weighted by Crippen LogP contribution is 2.68. The number of benzene rings is 1. The molecule has 0 radical (unpaired) electrons. The molecule has 5 atom stereocenters. The summed E-state index contributed by atoms with van der Waals surface area (Å²) < 4.78 is 1.77. The zero-order chi connectivity index (χ0) is 20.3. The SMILES string of the molecule is CC(=O)[C@@]12CC1[C@@H](n1cnc3c(C)nc(C#Cc4ccccc4)nc31)[C@H](O)C2O. The second-order valence-electron chi connectivity index (χ2n) is 7.91. The molecule has 0 spiro atoms. The van der Waals surface area contributed by atoms with Crippen molar-refractivity contribution in [3.63, 3.8) is 0 Å². The number of nitrogens with zero attached hydrogens (tertiary/aromatic N) is 4. The summed E-state index contributed by atoms with van der Waals surface area (Å²) in [6, 6.07) is 9.12. The fourth-order valence-corrected chi connectivity index (χ4v) is 4.75. The fraction of sp³-hybridized carbons (Fsp3) is 0.364. The summed E-state index contributed by atoms with van der Waals surface area (Å²) in [4.78, 5) is 25.6. The van der Waals surface area contributed by atoms with Gasteiger partial charge in [-0.2, -0.15) is 0 Å². The Morgan fingerprint density at radius 3 is 2.66 bits per heavy atom. The first-order chi connectivity index (χ1) is 13.9. The van der Waals surface area contributed by atoms with Crippen LogP contribution in [0.1, 0.15) is 36.5 Å². The van der Waals surface area contributed by atoms with Crippen molar-refractivity contribution < 1.29 is 15.0 Å². The zero-order valence-corrected chi connectivity index (χ0v) is 16.1. The van der Waals surface area contributed by atoms with E-state index in [0.717, 1.165) is 5.56 Å². The van der Waals surface area contributed by atoms with Gasteiger partial charge >= 0.3 is 0 Å². The molecule has 2 saturated carbocycles. The van der Waals surface area contributed by atoms with Crippen molar-refractivity contribution in [2.45, 2.75) is 38.5 Å². The Kier molecular flexibility index (Phi) is 3.85. The van der Waals surface area contributed by atoms with E-state index in [1.54, 1.807) is 10.9 Å². The smallest absolute Gasteiger partial charge is 0.207 e. The van der Waals surface area contributed by atoms with Gasteiger partial charge in [0.15, 0.2) is 5.65 Å². The van der Waals surface area contributed by atoms with Gasteiger partial charge in [0.2, 0.25) is 5.82 Å². The third-order valence-electron chi connectivity index (χ3n) is 6.34. The number of carbonyl (C=O) groups is 1. The Labute approximate surface area is 167 Å². The molecule has 7 heteroatoms. The van der Waals surface area contributed by atoms with E-state index in [0.29, 0.717) is 29.1 Å². The fourth-order valence-electron chi connectivity index (χ4n) is 4.75. The third-order valence-corrected chi connectivity index (χ3v) is 6.34. The number of rotatable bonds is 2. The maximum atomic E-state index is 12.1. The van der Waals surface area contributed by atoms with Gasteiger partial charge in [-0.15, -0.1) is 0 Å². The van der Waals surface area contributed by atoms with Gasteiger partial charge in [0.1, 0.15) is 17.4 Å². The van der Waals surface area contributed by atoms with Gasteiger partial charge in [-0.1, -0.05) is 24.1 Å². The Morgan fingerprint density at radius 1 is 1.21 bits per heavy atom. The van der Waals surface area contributed by atoms with Crippen molar-refractivity contribution in [3.05, 3.63) is 53.7 Å². The normalized spacial score (nSPS) is 29.9. The molecule has 2 N–H and O–H groups in total. The second-order valence-corrected chi connectivity index (χ2v) is 7.91. The van der Waals surface area contributed by atoms with E-state index < -0.39 is 23.7 Å². The Balaban J connectivity index is 1.58. The third kappa shape index (κ3) is 2.53. The van der Waals surface area contributed by atoms with Gasteiger partial charge in [-0.25, -0.2) is 15.0 Å². The zero-order valence-electron chi connectivity index (χ0n) is 16.1. The van der Waals surface area contributed by atoms with Crippen LogP contribution in [0.25, 0.3) is 11.2 Å². The molecule has 2 unspecified atom stereocenters. The molecular weight excluding hydrogens is 368 g/mol. The molecular formula is C22H20N4O3. The average Bonchev–Trinajstić information content (AvgIpc) is 3.25. The maximum absolute atomic E-state index is 12.1. The van der Waals surface area contributed by atoms with Gasteiger partial charge in [0, 0.05) is 5.56 Å². The summed E-state index contributed by atoms with van der Waals surface area (Å²) >= 11 is 0. The highest BCUT2D eigenvalue weighted by molar-refractivity contribution is 5.87. The number of Topliss-reactive ketones (excluding diaryl/α,β-unsaturated/α-hetero) is 1. The Hall–Kier alpha value is -3.08. The molecule has 2 heterocycles. The van der Waals surface area contributed by atoms with E-state index in [9.17, 15) is 15.0 Å². The van der Waals surface area contributed by atoms with Crippen LogP contribution in [0.2, 0.25) is 0 Å². The Morgan fingerprint density at radius 2 is 1.97 bits per heavy atom. The first-order valence-corrected chi connectivity index (χ1v) is 9.59. The van der Waals surface area contributed by atoms with E-state index in [1.165, 1.54) is 6.92 Å². The number of carbonyl (C=O) groups excluding carboxylic acids is 1. The summed E-state index contributed by atoms with van der Waals surface area (Å²) in [7, 11) is 0. The lowest BCUT2D eigenvalue weighted by Gasteiger charge is -2.23. The largest absolute Gasteiger partial charge is 0.389 e. The van der Waals surface area contributed by atoms with Crippen molar-refractivity contribution >= 4 is 16.9 Å². The van der Waals surface area contributed by atoms with Gasteiger partial charge in [-0.3, -0.25) is 4.79 Å². The van der Waals surface area contributed by atoms with E-state index in [4.69, 9.17) is 0 Å². The van der Waals surface area contributed by atoms with Crippen LogP contribution in [-0.2, 0) is 4.79 Å². The van der Waals surface area contributed by atoms with Crippen molar-refractivity contribution in [3.8, 4) is 11.8 Å². The lowest BCUT2D eigenvalue weighted by atomic mass is 9.95. The number of aliphatic hydroxyl groups is 2. The van der Waals surface area contributed by atoms with Crippen LogP contribution >= 0.6 is 0 Å². The summed E-state index contributed by atoms with van der Waals surface area (Å²) in [6.07, 6.45) is 0.0443. The molecule has 2 aliphatic rings. The van der Waals surface area contributed by atoms with Crippen molar-refractivity contribution in [1.29, 1.82) is 0 Å². The predicted octanol–water partition coefficient (Wildman–Crippen LogP) is 1.41. The van der Waals surface area contributed by atoms with Crippen LogP contribution in [0, 0.1) is 30.1 Å². The number of imidazole rings is 1. The highest BCUT2D eigenvalue weighted by Gasteiger charge is 2.74. The summed E-state index contributed by atoms with van der Waals surface area (Å²) in [5, 5.41) is 21.2. The Bertz CT molecular complexity index is 1190. The first kappa shape index (κ1) is 18.0. The van der Waals surface area contributed by atoms with E-state index in [2.05, 4.69) is 26.8 Å². The lowest BCUT2D eigenvalue weighted by Crippen LogP contribution is -2.36. The molecule has 0 amide bonds. The van der Waals surface area contributed by atoms with Crippen molar-refractivity contribution in [1.82, 2.24) is 19.5 Å². The van der Waals surface area contributed by atoms with Crippen LogP contribution in [-0.4, -0.2) is 47.7 Å². The summed E-state index contributed by atoms with van der Waals surface area (Å²) in [5.41, 5.74) is 1.88. The number of hydrogen-bond acceptors (Lipinski definition) is 6. The monoisotopic (exact) mass is 388 g/mol. The molecule has 2 aromatic heterocycles. The molecule has 7 nitrogen and oxygen atoms in total. The van der Waals surface area contributed by atoms with Gasteiger partial charge in [0.25, 0.3) is 0 Å². The molecule has 3 aromatic rings. The quantitative estimate of drug-likeness (QED) is 0.644. The van der Waals surface area contributed by atoms with Gasteiger partial charge in [0.05, 0.1) is 29.6 Å². The number of aromatic nitrogens is 4. The minimum absolute atomic E-state index is 0.0822. The molecule has 2 aliphatic carbocycles. The number of fused-ring (bicyclic) bond motifs is 2. The minimum Gasteiger partial charge on any atom is -0.389 e. The molecule has 1 aromatic carbocycles. The second kappa shape index (κ2) is 6.21. The lowest BCUT2D eigenvalue weighted by molar-refractivity contribution is -0.128. The van der Waals surface area contributed by atoms with Crippen LogP contribution in [0.15, 0.2) is 36.7 Å². The van der Waals surface area contributed by atoms with Gasteiger partial charge in [-0.05, 0) is 44.2 Å². The number of hydrogen-bond donors (Lipinski definition) is 2. The molecule has 5 rings (SSSR count). The molecule has 0 saturated heterocycles. The molecule has 29 heavy (non-hydrogen) atoms. The average molecular weight is 388 g/mol. The summed E-state index contributed by atoms with van der Waals surface area (Å²) in [6.45, 7) is 3.32. The minimum atomic E-state index is -1.08. The molecule has 0 aliphatic heterocycles. The van der Waals surface area contributed by atoms with Crippen LogP contribution in [0.4, 0.5) is 0 Å². The van der Waals surface area contributed by atoms with E-state index >= 15 is 0 Å². The molecule has 2 fully saturated rings. The van der Waals surface area contributed by atoms with E-state index in [-0.39, 0.29) is 11.7 Å². The van der Waals surface area contributed by atoms with E-state index in [1.807, 2.05) is 37.3 Å². The summed E-state index contributed by atoms with van der Waals surface area (Å²) in [5.74, 6) is 6.19. The van der Waals surface area contributed by atoms with Crippen LogP contribution < -0.4 is 0 Å². The number of aliphatic hydroxyl groups excluding tert-OH is 2. The van der Waals surface area contributed by atoms with Crippen molar-refractivity contribution in [2.75, 3.05) is 0 Å². The standard InChI is InChI=1S/C22H20N4O3/c1-12-17-21(25-16(24-12)9-8-14-6-4-3-5-7-14)26(11-23-17)18-15-10-22(15,13(2)27)20(29)19(18)28/h3-7,11,15,18-20,28-29H,10H2,1-2H3/t15?,18-,19+,20?,22+/m1/s1. The molecule has 0 bridgehead atoms. The topological polar surface area (TPSA) is 101 Å². The van der Waals surface area contributed by atoms with Crippen molar-refractivity contribution in [2.24, 2.45) is 11.3 Å². The predicted molar refractivity (Wildman–Crippen MR) is 105 cm³/mol. The van der Waals surface area contributed by atoms with Gasteiger partial charge < -0.3 is 14.8 Å². The molecule has 146 valence electrons. The van der Waals surface area contributed by atoms with Crippen LogP contribution in [0.5, 0.6) is 0 Å². The number of ketones is 1. The van der Waals surface area contributed by atoms with Crippen LogP contribution in [0.3, 0.4) is 0 Å². The highest BCUT2D eigenvalue weighted by atomic mass is 16.3. The maximum Gasteiger partial charge on any atom is 0.207 e. The first-order valence-electron chi connectivity index (χ1n) is 9.59.